The van der Waals surface area contributed by atoms with Gasteiger partial charge in [0.05, 0.1) is 6.54 Å². The van der Waals surface area contributed by atoms with E-state index < -0.39 is 0 Å². The monoisotopic (exact) mass is 255 g/mol. The number of aromatic nitrogens is 2. The van der Waals surface area contributed by atoms with Crippen LogP contribution in [0.2, 0.25) is 0 Å². The molecule has 0 atom stereocenters. The van der Waals surface area contributed by atoms with E-state index in [0.717, 1.165) is 5.56 Å². The molecule has 1 aromatic carbocycles. The van der Waals surface area contributed by atoms with Crippen LogP contribution in [0.4, 0.5) is 11.6 Å². The SMILES string of the molecule is Cc1ccc(Cn2nc(N(C)C)c(C#N)c2N)cc1. The summed E-state index contributed by atoms with van der Waals surface area (Å²) >= 11 is 0. The van der Waals surface area contributed by atoms with Gasteiger partial charge in [-0.05, 0) is 12.5 Å². The summed E-state index contributed by atoms with van der Waals surface area (Å²) in [4.78, 5) is 1.79. The summed E-state index contributed by atoms with van der Waals surface area (Å²) in [5.41, 5.74) is 8.73. The van der Waals surface area contributed by atoms with Gasteiger partial charge in [-0.2, -0.15) is 10.4 Å². The van der Waals surface area contributed by atoms with E-state index in [1.54, 1.807) is 9.58 Å². The first-order valence-corrected chi connectivity index (χ1v) is 6.02. The molecular weight excluding hydrogens is 238 g/mol. The number of hydrogen-bond donors (Lipinski definition) is 1. The average Bonchev–Trinajstić information content (AvgIpc) is 2.69. The fourth-order valence-electron chi connectivity index (χ4n) is 1.87. The Bertz CT molecular complexity index is 617. The third-order valence-electron chi connectivity index (χ3n) is 2.96. The zero-order valence-corrected chi connectivity index (χ0v) is 11.4. The number of rotatable bonds is 3. The fraction of sp³-hybridized carbons (Fsp3) is 0.286. The Morgan fingerprint density at radius 1 is 1.32 bits per heavy atom. The number of aryl methyl sites for hydroxylation is 1. The Morgan fingerprint density at radius 2 is 1.95 bits per heavy atom. The van der Waals surface area contributed by atoms with Crippen molar-refractivity contribution in [3.8, 4) is 6.07 Å². The predicted molar refractivity (Wildman–Crippen MR) is 76.0 cm³/mol. The number of benzene rings is 1. The number of nitriles is 1. The molecule has 0 spiro atoms. The molecule has 0 aliphatic heterocycles. The predicted octanol–water partition coefficient (Wildman–Crippen LogP) is 1.76. The van der Waals surface area contributed by atoms with E-state index in [2.05, 4.69) is 11.2 Å². The van der Waals surface area contributed by atoms with Crippen LogP contribution in [0, 0.1) is 18.3 Å². The standard InChI is InChI=1S/C14H17N5/c1-10-4-6-11(7-5-10)9-19-13(16)12(8-15)14(17-19)18(2)3/h4-7H,9,16H2,1-3H3. The molecule has 0 saturated carbocycles. The van der Waals surface area contributed by atoms with Crippen molar-refractivity contribution in [2.45, 2.75) is 13.5 Å². The normalized spacial score (nSPS) is 10.2. The zero-order chi connectivity index (χ0) is 14.0. The van der Waals surface area contributed by atoms with Gasteiger partial charge in [-0.15, -0.1) is 0 Å². The van der Waals surface area contributed by atoms with Crippen LogP contribution in [-0.4, -0.2) is 23.9 Å². The van der Waals surface area contributed by atoms with Crippen molar-refractivity contribution in [3.63, 3.8) is 0 Å². The molecule has 0 aliphatic rings. The molecule has 0 unspecified atom stereocenters. The summed E-state index contributed by atoms with van der Waals surface area (Å²) in [7, 11) is 3.69. The molecule has 0 aliphatic carbocycles. The molecule has 0 saturated heterocycles. The van der Waals surface area contributed by atoms with Crippen molar-refractivity contribution in [1.29, 1.82) is 5.26 Å². The highest BCUT2D eigenvalue weighted by Crippen LogP contribution is 2.23. The van der Waals surface area contributed by atoms with Gasteiger partial charge in [-0.3, -0.25) is 0 Å². The van der Waals surface area contributed by atoms with Crippen LogP contribution in [-0.2, 0) is 6.54 Å². The highest BCUT2D eigenvalue weighted by molar-refractivity contribution is 5.64. The average molecular weight is 255 g/mol. The maximum atomic E-state index is 9.15. The van der Waals surface area contributed by atoms with Gasteiger partial charge in [0.15, 0.2) is 5.82 Å². The van der Waals surface area contributed by atoms with Crippen LogP contribution in [0.1, 0.15) is 16.7 Å². The van der Waals surface area contributed by atoms with E-state index in [0.29, 0.717) is 23.7 Å². The first-order valence-electron chi connectivity index (χ1n) is 6.02. The van der Waals surface area contributed by atoms with E-state index in [1.807, 2.05) is 45.3 Å². The molecular formula is C14H17N5. The second kappa shape index (κ2) is 5.02. The molecule has 0 radical (unpaired) electrons. The summed E-state index contributed by atoms with van der Waals surface area (Å²) in [6, 6.07) is 10.3. The minimum absolute atomic E-state index is 0.409. The molecule has 5 nitrogen and oxygen atoms in total. The van der Waals surface area contributed by atoms with Crippen molar-refractivity contribution >= 4 is 11.6 Å². The van der Waals surface area contributed by atoms with Crippen molar-refractivity contribution in [1.82, 2.24) is 9.78 Å². The lowest BCUT2D eigenvalue weighted by Crippen LogP contribution is -2.11. The maximum Gasteiger partial charge on any atom is 0.170 e. The molecule has 2 N–H and O–H groups in total. The molecule has 1 heterocycles. The van der Waals surface area contributed by atoms with Crippen LogP contribution >= 0.6 is 0 Å². The summed E-state index contributed by atoms with van der Waals surface area (Å²) in [6.07, 6.45) is 0. The Labute approximate surface area is 112 Å². The van der Waals surface area contributed by atoms with Gasteiger partial charge >= 0.3 is 0 Å². The molecule has 98 valence electrons. The quantitative estimate of drug-likeness (QED) is 0.907. The van der Waals surface area contributed by atoms with Crippen molar-refractivity contribution in [2.24, 2.45) is 0 Å². The van der Waals surface area contributed by atoms with Crippen LogP contribution in [0.25, 0.3) is 0 Å². The Morgan fingerprint density at radius 3 is 2.42 bits per heavy atom. The summed E-state index contributed by atoms with van der Waals surface area (Å²) in [5.74, 6) is 1.01. The van der Waals surface area contributed by atoms with E-state index in [4.69, 9.17) is 11.0 Å². The van der Waals surface area contributed by atoms with Gasteiger partial charge in [0.2, 0.25) is 0 Å². The fourth-order valence-corrected chi connectivity index (χ4v) is 1.87. The highest BCUT2D eigenvalue weighted by Gasteiger charge is 2.16. The third-order valence-corrected chi connectivity index (χ3v) is 2.96. The first-order chi connectivity index (χ1) is 9.02. The summed E-state index contributed by atoms with van der Waals surface area (Å²) in [6.45, 7) is 2.61. The van der Waals surface area contributed by atoms with Crippen LogP contribution in [0.5, 0.6) is 0 Å². The number of nitrogens with zero attached hydrogens (tertiary/aromatic N) is 4. The topological polar surface area (TPSA) is 70.9 Å². The van der Waals surface area contributed by atoms with E-state index in [9.17, 15) is 0 Å². The minimum Gasteiger partial charge on any atom is -0.383 e. The molecule has 2 aromatic rings. The smallest absolute Gasteiger partial charge is 0.170 e. The molecule has 0 amide bonds. The third kappa shape index (κ3) is 2.52. The van der Waals surface area contributed by atoms with Crippen LogP contribution < -0.4 is 10.6 Å². The maximum absolute atomic E-state index is 9.15. The van der Waals surface area contributed by atoms with Crippen molar-refractivity contribution in [2.75, 3.05) is 24.7 Å². The summed E-state index contributed by atoms with van der Waals surface area (Å²) < 4.78 is 1.67. The molecule has 2 rings (SSSR count). The van der Waals surface area contributed by atoms with Crippen molar-refractivity contribution < 1.29 is 0 Å². The van der Waals surface area contributed by atoms with Gasteiger partial charge in [0.1, 0.15) is 17.5 Å². The number of nitrogens with two attached hydrogens (primary N) is 1. The molecule has 5 heteroatoms. The van der Waals surface area contributed by atoms with Crippen LogP contribution in [0.15, 0.2) is 24.3 Å². The first kappa shape index (κ1) is 13.0. The van der Waals surface area contributed by atoms with Gasteiger partial charge in [-0.25, -0.2) is 4.68 Å². The van der Waals surface area contributed by atoms with Crippen LogP contribution in [0.3, 0.4) is 0 Å². The van der Waals surface area contributed by atoms with Gasteiger partial charge in [0, 0.05) is 14.1 Å². The van der Waals surface area contributed by atoms with E-state index in [1.165, 1.54) is 5.56 Å². The highest BCUT2D eigenvalue weighted by atomic mass is 15.4. The van der Waals surface area contributed by atoms with Crippen molar-refractivity contribution in [3.05, 3.63) is 41.0 Å². The number of nitrogen functional groups attached to an aromatic ring is 1. The van der Waals surface area contributed by atoms with E-state index >= 15 is 0 Å². The Balaban J connectivity index is 2.36. The second-order valence-corrected chi connectivity index (χ2v) is 4.73. The Hall–Kier alpha value is -2.48. The molecule has 19 heavy (non-hydrogen) atoms. The largest absolute Gasteiger partial charge is 0.383 e. The summed E-state index contributed by atoms with van der Waals surface area (Å²) in [5, 5.41) is 13.5. The molecule has 0 fully saturated rings. The zero-order valence-electron chi connectivity index (χ0n) is 11.4. The number of anilines is 2. The van der Waals surface area contributed by atoms with E-state index in [-0.39, 0.29) is 0 Å². The van der Waals surface area contributed by atoms with Gasteiger partial charge in [-0.1, -0.05) is 29.8 Å². The minimum atomic E-state index is 0.409. The lowest BCUT2D eigenvalue weighted by molar-refractivity contribution is 0.694. The van der Waals surface area contributed by atoms with Gasteiger partial charge in [0.25, 0.3) is 0 Å². The number of hydrogen-bond acceptors (Lipinski definition) is 4. The molecule has 1 aromatic heterocycles. The molecule has 0 bridgehead atoms. The lowest BCUT2D eigenvalue weighted by atomic mass is 10.1. The van der Waals surface area contributed by atoms with Gasteiger partial charge < -0.3 is 10.6 Å². The second-order valence-electron chi connectivity index (χ2n) is 4.73. The Kier molecular flexibility index (Phi) is 3.43. The lowest BCUT2D eigenvalue weighted by Gasteiger charge is -2.07.